The van der Waals surface area contributed by atoms with E-state index in [0.29, 0.717) is 31.0 Å². The maximum atomic E-state index is 11.7. The minimum Gasteiger partial charge on any atom is -0.490 e. The molecular formula is C16H20N2O2S. The van der Waals surface area contributed by atoms with Gasteiger partial charge in [-0.2, -0.15) is 0 Å². The highest BCUT2D eigenvalue weighted by atomic mass is 32.1. The van der Waals surface area contributed by atoms with Crippen molar-refractivity contribution in [2.45, 2.75) is 19.3 Å². The Labute approximate surface area is 128 Å². The van der Waals surface area contributed by atoms with E-state index in [4.69, 9.17) is 10.5 Å². The summed E-state index contributed by atoms with van der Waals surface area (Å²) in [4.78, 5) is 13.0. The van der Waals surface area contributed by atoms with Crippen LogP contribution >= 0.6 is 11.3 Å². The Balaban J connectivity index is 1.56. The van der Waals surface area contributed by atoms with Crippen molar-refractivity contribution >= 4 is 22.9 Å². The second-order valence-electron chi connectivity index (χ2n) is 4.67. The van der Waals surface area contributed by atoms with Crippen molar-refractivity contribution in [3.8, 4) is 5.75 Å². The largest absolute Gasteiger partial charge is 0.490 e. The van der Waals surface area contributed by atoms with E-state index in [1.54, 1.807) is 17.4 Å². The first kappa shape index (κ1) is 15.4. The lowest BCUT2D eigenvalue weighted by atomic mass is 10.2. The molecule has 0 atom stereocenters. The number of ether oxygens (including phenoxy) is 1. The predicted molar refractivity (Wildman–Crippen MR) is 86.6 cm³/mol. The maximum Gasteiger partial charge on any atom is 0.220 e. The summed E-state index contributed by atoms with van der Waals surface area (Å²) in [7, 11) is 0. The van der Waals surface area contributed by atoms with Crippen molar-refractivity contribution in [2.24, 2.45) is 0 Å². The first-order chi connectivity index (χ1) is 10.3. The van der Waals surface area contributed by atoms with Crippen molar-refractivity contribution in [1.82, 2.24) is 5.32 Å². The number of para-hydroxylation sites is 2. The third-order valence-electron chi connectivity index (χ3n) is 3.01. The number of hydrogen-bond donors (Lipinski definition) is 2. The number of anilines is 1. The highest BCUT2D eigenvalue weighted by Gasteiger charge is 2.03. The fourth-order valence-corrected chi connectivity index (χ4v) is 2.68. The fourth-order valence-electron chi connectivity index (χ4n) is 1.93. The Morgan fingerprint density at radius 2 is 2.10 bits per heavy atom. The maximum absolute atomic E-state index is 11.7. The van der Waals surface area contributed by atoms with Gasteiger partial charge in [-0.15, -0.1) is 11.3 Å². The van der Waals surface area contributed by atoms with Crippen molar-refractivity contribution in [3.63, 3.8) is 0 Å². The van der Waals surface area contributed by atoms with E-state index in [9.17, 15) is 4.79 Å². The van der Waals surface area contributed by atoms with Crippen LogP contribution in [0.2, 0.25) is 0 Å². The van der Waals surface area contributed by atoms with Crippen LogP contribution in [-0.4, -0.2) is 19.1 Å². The molecule has 1 aromatic carbocycles. The molecule has 3 N–H and O–H groups in total. The predicted octanol–water partition coefficient (Wildman–Crippen LogP) is 2.85. The normalized spacial score (nSPS) is 10.3. The first-order valence-electron chi connectivity index (χ1n) is 7.02. The Bertz CT molecular complexity index is 555. The van der Waals surface area contributed by atoms with E-state index >= 15 is 0 Å². The van der Waals surface area contributed by atoms with Crippen LogP contribution in [0.3, 0.4) is 0 Å². The lowest BCUT2D eigenvalue weighted by Gasteiger charge is -2.09. The number of nitrogen functional groups attached to an aromatic ring is 1. The van der Waals surface area contributed by atoms with Crippen LogP contribution < -0.4 is 15.8 Å². The summed E-state index contributed by atoms with van der Waals surface area (Å²) in [5, 5.41) is 4.91. The molecule has 2 aromatic rings. The molecule has 0 aliphatic heterocycles. The average molecular weight is 304 g/mol. The molecule has 0 unspecified atom stereocenters. The number of carbonyl (C=O) groups is 1. The van der Waals surface area contributed by atoms with Crippen LogP contribution in [0.25, 0.3) is 0 Å². The Hall–Kier alpha value is -2.01. The van der Waals surface area contributed by atoms with Crippen molar-refractivity contribution < 1.29 is 9.53 Å². The number of carbonyl (C=O) groups excluding carboxylic acids is 1. The molecule has 0 spiro atoms. The van der Waals surface area contributed by atoms with Gasteiger partial charge in [0.2, 0.25) is 5.91 Å². The van der Waals surface area contributed by atoms with Gasteiger partial charge >= 0.3 is 0 Å². The van der Waals surface area contributed by atoms with Crippen LogP contribution in [0.1, 0.15) is 17.7 Å². The van der Waals surface area contributed by atoms with E-state index in [0.717, 1.165) is 12.8 Å². The molecule has 1 aromatic heterocycles. The molecule has 112 valence electrons. The van der Waals surface area contributed by atoms with Crippen LogP contribution in [0.4, 0.5) is 5.69 Å². The van der Waals surface area contributed by atoms with Gasteiger partial charge < -0.3 is 15.8 Å². The minimum absolute atomic E-state index is 0.0659. The Morgan fingerprint density at radius 1 is 1.24 bits per heavy atom. The van der Waals surface area contributed by atoms with E-state index in [1.807, 2.05) is 24.3 Å². The molecule has 0 fully saturated rings. The number of aryl methyl sites for hydroxylation is 1. The molecular weight excluding hydrogens is 284 g/mol. The second kappa shape index (κ2) is 8.32. The van der Waals surface area contributed by atoms with E-state index in [-0.39, 0.29) is 5.91 Å². The molecule has 1 heterocycles. The minimum atomic E-state index is 0.0659. The molecule has 4 nitrogen and oxygen atoms in total. The van der Waals surface area contributed by atoms with Gasteiger partial charge in [-0.25, -0.2) is 0 Å². The van der Waals surface area contributed by atoms with Gasteiger partial charge in [0.15, 0.2) is 0 Å². The Morgan fingerprint density at radius 3 is 2.86 bits per heavy atom. The second-order valence-corrected chi connectivity index (χ2v) is 5.70. The fraction of sp³-hybridized carbons (Fsp3) is 0.312. The van der Waals surface area contributed by atoms with Gasteiger partial charge in [-0.1, -0.05) is 18.2 Å². The summed E-state index contributed by atoms with van der Waals surface area (Å²) in [5.74, 6) is 0.723. The van der Waals surface area contributed by atoms with Gasteiger partial charge in [-0.3, -0.25) is 4.79 Å². The van der Waals surface area contributed by atoms with Crippen LogP contribution in [0.5, 0.6) is 5.75 Å². The number of thiophene rings is 1. The molecule has 0 aliphatic rings. The zero-order valence-corrected chi connectivity index (χ0v) is 12.7. The van der Waals surface area contributed by atoms with Gasteiger partial charge in [0.1, 0.15) is 12.4 Å². The smallest absolute Gasteiger partial charge is 0.220 e. The molecule has 2 rings (SSSR count). The molecule has 0 radical (unpaired) electrons. The van der Waals surface area contributed by atoms with Crippen LogP contribution in [0.15, 0.2) is 41.8 Å². The number of nitrogens with one attached hydrogen (secondary N) is 1. The molecule has 0 saturated heterocycles. The highest BCUT2D eigenvalue weighted by Crippen LogP contribution is 2.19. The van der Waals surface area contributed by atoms with Gasteiger partial charge in [0.25, 0.3) is 0 Å². The van der Waals surface area contributed by atoms with E-state index in [1.165, 1.54) is 4.88 Å². The SMILES string of the molecule is Nc1ccccc1OCCNC(=O)CCCc1cccs1. The van der Waals surface area contributed by atoms with Gasteiger partial charge in [0, 0.05) is 11.3 Å². The molecule has 0 bridgehead atoms. The monoisotopic (exact) mass is 304 g/mol. The molecule has 21 heavy (non-hydrogen) atoms. The lowest BCUT2D eigenvalue weighted by Crippen LogP contribution is -2.28. The standard InChI is InChI=1S/C16H20N2O2S/c17-14-7-1-2-8-15(14)20-11-10-18-16(19)9-3-5-13-6-4-12-21-13/h1-2,4,6-8,12H,3,5,9-11,17H2,(H,18,19). The summed E-state index contributed by atoms with van der Waals surface area (Å²) >= 11 is 1.73. The molecule has 1 amide bonds. The third-order valence-corrected chi connectivity index (χ3v) is 3.94. The summed E-state index contributed by atoms with van der Waals surface area (Å²) in [6.45, 7) is 0.914. The summed E-state index contributed by atoms with van der Waals surface area (Å²) in [6, 6.07) is 11.5. The third kappa shape index (κ3) is 5.47. The molecule has 5 heteroatoms. The molecule has 0 saturated carbocycles. The van der Waals surface area contributed by atoms with Crippen LogP contribution in [-0.2, 0) is 11.2 Å². The molecule has 0 aliphatic carbocycles. The topological polar surface area (TPSA) is 64.3 Å². The summed E-state index contributed by atoms with van der Waals surface area (Å²) in [5.41, 5.74) is 6.37. The van der Waals surface area contributed by atoms with Crippen LogP contribution in [0, 0.1) is 0 Å². The number of amides is 1. The average Bonchev–Trinajstić information content (AvgIpc) is 2.98. The van der Waals surface area contributed by atoms with Crippen molar-refractivity contribution in [3.05, 3.63) is 46.7 Å². The first-order valence-corrected chi connectivity index (χ1v) is 7.90. The summed E-state index contributed by atoms with van der Waals surface area (Å²) in [6.07, 6.45) is 2.38. The van der Waals surface area contributed by atoms with Crippen molar-refractivity contribution in [2.75, 3.05) is 18.9 Å². The highest BCUT2D eigenvalue weighted by molar-refractivity contribution is 7.09. The van der Waals surface area contributed by atoms with Gasteiger partial charge in [0.05, 0.1) is 12.2 Å². The number of hydrogen-bond acceptors (Lipinski definition) is 4. The van der Waals surface area contributed by atoms with E-state index < -0.39 is 0 Å². The summed E-state index contributed by atoms with van der Waals surface area (Å²) < 4.78 is 5.51. The zero-order chi connectivity index (χ0) is 14.9. The number of nitrogens with two attached hydrogens (primary N) is 1. The van der Waals surface area contributed by atoms with Gasteiger partial charge in [-0.05, 0) is 36.4 Å². The lowest BCUT2D eigenvalue weighted by molar-refractivity contribution is -0.121. The zero-order valence-electron chi connectivity index (χ0n) is 11.9. The Kier molecular flexibility index (Phi) is 6.09. The number of rotatable bonds is 8. The quantitative estimate of drug-likeness (QED) is 0.582. The number of benzene rings is 1. The van der Waals surface area contributed by atoms with Crippen molar-refractivity contribution in [1.29, 1.82) is 0 Å². The van der Waals surface area contributed by atoms with E-state index in [2.05, 4.69) is 16.8 Å².